The van der Waals surface area contributed by atoms with Gasteiger partial charge >= 0.3 is 0 Å². The van der Waals surface area contributed by atoms with Gasteiger partial charge in [0.25, 0.3) is 0 Å². The van der Waals surface area contributed by atoms with E-state index in [0.717, 1.165) is 45.3 Å². The van der Waals surface area contributed by atoms with E-state index in [4.69, 9.17) is 0 Å². The number of hydrogen-bond donors (Lipinski definition) is 0. The van der Waals surface area contributed by atoms with Gasteiger partial charge < -0.3 is 9.80 Å². The number of nitrogens with zero attached hydrogens (tertiary/aromatic N) is 2. The molecule has 1 aliphatic rings. The van der Waals surface area contributed by atoms with Crippen LogP contribution in [0.25, 0.3) is 0 Å². The molecule has 0 aromatic heterocycles. The highest BCUT2D eigenvalue weighted by atomic mass is 16.2. The van der Waals surface area contributed by atoms with E-state index in [1.165, 1.54) is 0 Å². The van der Waals surface area contributed by atoms with Gasteiger partial charge in [0.15, 0.2) is 0 Å². The van der Waals surface area contributed by atoms with Crippen LogP contribution in [0.4, 0.5) is 0 Å². The Morgan fingerprint density at radius 1 is 1.29 bits per heavy atom. The van der Waals surface area contributed by atoms with Gasteiger partial charge in [0.1, 0.15) is 0 Å². The molecule has 4 nitrogen and oxygen atoms in total. The van der Waals surface area contributed by atoms with Crippen LogP contribution in [0.1, 0.15) is 46.0 Å². The van der Waals surface area contributed by atoms with Crippen molar-refractivity contribution in [1.82, 2.24) is 9.80 Å². The maximum Gasteiger partial charge on any atom is 0.242 e. The molecule has 0 spiro atoms. The van der Waals surface area contributed by atoms with E-state index in [9.17, 15) is 9.59 Å². The average molecular weight is 240 g/mol. The van der Waals surface area contributed by atoms with E-state index in [0.29, 0.717) is 6.42 Å². The largest absolute Gasteiger partial charge is 0.341 e. The predicted molar refractivity (Wildman–Crippen MR) is 67.6 cm³/mol. The van der Waals surface area contributed by atoms with Crippen molar-refractivity contribution in [3.8, 4) is 0 Å². The number of carbonyl (C=O) groups is 2. The highest BCUT2D eigenvalue weighted by molar-refractivity contribution is 5.84. The lowest BCUT2D eigenvalue weighted by molar-refractivity contribution is -0.140. The van der Waals surface area contributed by atoms with Crippen molar-refractivity contribution in [2.75, 3.05) is 26.2 Å². The second kappa shape index (κ2) is 7.30. The van der Waals surface area contributed by atoms with Gasteiger partial charge in [0, 0.05) is 26.1 Å². The van der Waals surface area contributed by atoms with Gasteiger partial charge in [-0.1, -0.05) is 13.3 Å². The standard InChI is InChI=1S/C13H24N2O2/c1-3-9-14(4-2)13(17)11-15-10-7-5-6-8-12(15)16/h3-11H2,1-2H3. The third kappa shape index (κ3) is 4.36. The molecule has 1 aliphatic heterocycles. The summed E-state index contributed by atoms with van der Waals surface area (Å²) < 4.78 is 0. The van der Waals surface area contributed by atoms with E-state index in [-0.39, 0.29) is 18.4 Å². The zero-order chi connectivity index (χ0) is 12.7. The first-order valence-corrected chi connectivity index (χ1v) is 6.74. The van der Waals surface area contributed by atoms with Crippen molar-refractivity contribution in [3.05, 3.63) is 0 Å². The minimum absolute atomic E-state index is 0.0876. The number of likely N-dealkylation sites (tertiary alicyclic amines) is 1. The van der Waals surface area contributed by atoms with Gasteiger partial charge in [-0.3, -0.25) is 9.59 Å². The summed E-state index contributed by atoms with van der Waals surface area (Å²) in [6.45, 7) is 6.58. The number of amides is 2. The van der Waals surface area contributed by atoms with E-state index < -0.39 is 0 Å². The lowest BCUT2D eigenvalue weighted by Gasteiger charge is -2.25. The zero-order valence-electron chi connectivity index (χ0n) is 11.1. The second-order valence-corrected chi connectivity index (χ2v) is 4.60. The molecule has 1 rings (SSSR count). The molecule has 0 aromatic carbocycles. The molecule has 0 aromatic rings. The highest BCUT2D eigenvalue weighted by Crippen LogP contribution is 2.11. The van der Waals surface area contributed by atoms with Crippen molar-refractivity contribution in [1.29, 1.82) is 0 Å². The van der Waals surface area contributed by atoms with Crippen LogP contribution in [0, 0.1) is 0 Å². The maximum absolute atomic E-state index is 12.0. The number of hydrogen-bond acceptors (Lipinski definition) is 2. The van der Waals surface area contributed by atoms with Crippen LogP contribution in [-0.2, 0) is 9.59 Å². The summed E-state index contributed by atoms with van der Waals surface area (Å²) in [6, 6.07) is 0. The molecule has 17 heavy (non-hydrogen) atoms. The molecule has 0 bridgehead atoms. The van der Waals surface area contributed by atoms with E-state index in [1.54, 1.807) is 4.90 Å². The van der Waals surface area contributed by atoms with Crippen molar-refractivity contribution in [2.45, 2.75) is 46.0 Å². The van der Waals surface area contributed by atoms with E-state index in [2.05, 4.69) is 6.92 Å². The molecule has 0 radical (unpaired) electrons. The molecular weight excluding hydrogens is 216 g/mol. The number of likely N-dealkylation sites (N-methyl/N-ethyl adjacent to an activating group) is 1. The number of rotatable bonds is 5. The van der Waals surface area contributed by atoms with Crippen molar-refractivity contribution >= 4 is 11.8 Å². The van der Waals surface area contributed by atoms with Crippen LogP contribution in [0.5, 0.6) is 0 Å². The van der Waals surface area contributed by atoms with Gasteiger partial charge in [-0.25, -0.2) is 0 Å². The maximum atomic E-state index is 12.0. The third-order valence-corrected chi connectivity index (χ3v) is 3.23. The van der Waals surface area contributed by atoms with Crippen molar-refractivity contribution in [2.24, 2.45) is 0 Å². The Bertz CT molecular complexity index is 266. The monoisotopic (exact) mass is 240 g/mol. The Labute approximate surface area is 104 Å². The summed E-state index contributed by atoms with van der Waals surface area (Å²) in [6.07, 6.45) is 4.67. The topological polar surface area (TPSA) is 40.6 Å². The molecular formula is C13H24N2O2. The molecule has 1 heterocycles. The van der Waals surface area contributed by atoms with Gasteiger partial charge in [-0.05, 0) is 26.2 Å². The molecule has 0 saturated carbocycles. The lowest BCUT2D eigenvalue weighted by atomic mass is 10.2. The van der Waals surface area contributed by atoms with Gasteiger partial charge in [0.2, 0.25) is 11.8 Å². The lowest BCUT2D eigenvalue weighted by Crippen LogP contribution is -2.43. The Kier molecular flexibility index (Phi) is 6.01. The molecule has 4 heteroatoms. The first-order valence-electron chi connectivity index (χ1n) is 6.74. The van der Waals surface area contributed by atoms with Gasteiger partial charge in [-0.15, -0.1) is 0 Å². The summed E-state index contributed by atoms with van der Waals surface area (Å²) in [7, 11) is 0. The van der Waals surface area contributed by atoms with Gasteiger partial charge in [-0.2, -0.15) is 0 Å². The fraction of sp³-hybridized carbons (Fsp3) is 0.846. The Hall–Kier alpha value is -1.06. The van der Waals surface area contributed by atoms with Crippen LogP contribution >= 0.6 is 0 Å². The second-order valence-electron chi connectivity index (χ2n) is 4.60. The smallest absolute Gasteiger partial charge is 0.242 e. The first kappa shape index (κ1) is 14.0. The minimum atomic E-state index is 0.0876. The molecule has 98 valence electrons. The highest BCUT2D eigenvalue weighted by Gasteiger charge is 2.21. The van der Waals surface area contributed by atoms with Crippen molar-refractivity contribution in [3.63, 3.8) is 0 Å². The summed E-state index contributed by atoms with van der Waals surface area (Å²) in [4.78, 5) is 27.4. The Morgan fingerprint density at radius 2 is 2.06 bits per heavy atom. The van der Waals surface area contributed by atoms with Gasteiger partial charge in [0.05, 0.1) is 6.54 Å². The summed E-state index contributed by atoms with van der Waals surface area (Å²) >= 11 is 0. The summed E-state index contributed by atoms with van der Waals surface area (Å²) in [5.74, 6) is 0.230. The Morgan fingerprint density at radius 3 is 2.71 bits per heavy atom. The first-order chi connectivity index (χ1) is 8.19. The molecule has 2 amide bonds. The minimum Gasteiger partial charge on any atom is -0.341 e. The van der Waals surface area contributed by atoms with E-state index >= 15 is 0 Å². The van der Waals surface area contributed by atoms with E-state index in [1.807, 2.05) is 11.8 Å². The predicted octanol–water partition coefficient (Wildman–Crippen LogP) is 1.65. The normalized spacial score (nSPS) is 16.8. The quantitative estimate of drug-likeness (QED) is 0.733. The molecule has 0 N–H and O–H groups in total. The summed E-state index contributed by atoms with van der Waals surface area (Å²) in [5.41, 5.74) is 0. The zero-order valence-corrected chi connectivity index (χ0v) is 11.1. The summed E-state index contributed by atoms with van der Waals surface area (Å²) in [5, 5.41) is 0. The third-order valence-electron chi connectivity index (χ3n) is 3.23. The Balaban J connectivity index is 2.50. The van der Waals surface area contributed by atoms with Crippen LogP contribution in [0.3, 0.4) is 0 Å². The van der Waals surface area contributed by atoms with Crippen LogP contribution in [0.15, 0.2) is 0 Å². The SMILES string of the molecule is CCCN(CC)C(=O)CN1CCCCCC1=O. The fourth-order valence-corrected chi connectivity index (χ4v) is 2.20. The molecule has 0 atom stereocenters. The van der Waals surface area contributed by atoms with Crippen LogP contribution in [0.2, 0.25) is 0 Å². The number of carbonyl (C=O) groups excluding carboxylic acids is 2. The fourth-order valence-electron chi connectivity index (χ4n) is 2.20. The average Bonchev–Trinajstić information content (AvgIpc) is 2.52. The molecule has 1 fully saturated rings. The van der Waals surface area contributed by atoms with Crippen LogP contribution < -0.4 is 0 Å². The van der Waals surface area contributed by atoms with Crippen LogP contribution in [-0.4, -0.2) is 47.8 Å². The molecule has 0 aliphatic carbocycles. The molecule has 0 unspecified atom stereocenters. The van der Waals surface area contributed by atoms with Crippen molar-refractivity contribution < 1.29 is 9.59 Å². The molecule has 1 saturated heterocycles.